The first-order chi connectivity index (χ1) is 27.3. The minimum Gasteiger partial charge on any atom is -0.507 e. The average Bonchev–Trinajstić information content (AvgIpc) is 3.63. The number of phenols is 1. The summed E-state index contributed by atoms with van der Waals surface area (Å²) in [5, 5.41) is 11.8. The van der Waals surface area contributed by atoms with Crippen LogP contribution in [0.3, 0.4) is 0 Å². The first-order valence-electron chi connectivity index (χ1n) is 20.7. The van der Waals surface area contributed by atoms with Crippen molar-refractivity contribution in [2.75, 3.05) is 26.2 Å². The Kier molecular flexibility index (Phi) is 10.0. The van der Waals surface area contributed by atoms with E-state index < -0.39 is 29.6 Å². The molecule has 2 aliphatic carbocycles. The second-order valence-corrected chi connectivity index (χ2v) is 17.0. The number of phenolic OH excluding ortho intramolecular Hbond substituents is 1. The molecule has 9 heteroatoms. The van der Waals surface area contributed by atoms with Crippen LogP contribution in [0.2, 0.25) is 0 Å². The number of likely N-dealkylation sites (tertiary alicyclic amines) is 4. The van der Waals surface area contributed by atoms with E-state index in [4.69, 9.17) is 0 Å². The van der Waals surface area contributed by atoms with Gasteiger partial charge in [0, 0.05) is 62.8 Å². The molecule has 1 saturated carbocycles. The number of nitrogens with zero attached hydrogens (tertiary/aromatic N) is 4. The van der Waals surface area contributed by atoms with Gasteiger partial charge in [-0.05, 0) is 67.6 Å². The molecule has 4 heterocycles. The van der Waals surface area contributed by atoms with Gasteiger partial charge in [-0.3, -0.25) is 38.8 Å². The van der Waals surface area contributed by atoms with Gasteiger partial charge in [0.15, 0.2) is 0 Å². The van der Waals surface area contributed by atoms with Crippen LogP contribution in [-0.2, 0) is 38.7 Å². The molecule has 3 aromatic carbocycles. The summed E-state index contributed by atoms with van der Waals surface area (Å²) in [6, 6.07) is 26.0. The highest BCUT2D eigenvalue weighted by Crippen LogP contribution is 2.59. The Labute approximate surface area is 329 Å². The zero-order valence-corrected chi connectivity index (χ0v) is 32.0. The summed E-state index contributed by atoms with van der Waals surface area (Å²) >= 11 is 0. The van der Waals surface area contributed by atoms with Gasteiger partial charge in [0.1, 0.15) is 5.75 Å². The fourth-order valence-corrected chi connectivity index (χ4v) is 11.2. The lowest BCUT2D eigenvalue weighted by Gasteiger charge is -2.44. The van der Waals surface area contributed by atoms with E-state index in [2.05, 4.69) is 46.7 Å². The molecule has 0 aromatic heterocycles. The van der Waals surface area contributed by atoms with Crippen LogP contribution in [0.4, 0.5) is 0 Å². The SMILES string of the molecule is C=CCc1cccc(C2C3=CCC4C(=O)N(C5CCN(Cc6ccccc6)CC5)C(=O)C4C3CC3C(=O)N(C4CCN(Cc5ccccc5)CC4)C(=O)C32)c1O. The number of fused-ring (bicyclic) bond motifs is 4. The van der Waals surface area contributed by atoms with E-state index in [1.807, 2.05) is 54.6 Å². The van der Waals surface area contributed by atoms with E-state index in [9.17, 15) is 24.3 Å². The van der Waals surface area contributed by atoms with Crippen LogP contribution in [0.5, 0.6) is 5.75 Å². The number of carbonyl (C=O) groups is 4. The third kappa shape index (κ3) is 6.42. The largest absolute Gasteiger partial charge is 0.507 e. The number of hydrogen-bond donors (Lipinski definition) is 1. The number of para-hydroxylation sites is 1. The highest BCUT2D eigenvalue weighted by Gasteiger charge is 2.63. The van der Waals surface area contributed by atoms with E-state index in [0.717, 1.165) is 57.7 Å². The van der Waals surface area contributed by atoms with E-state index in [1.165, 1.54) is 11.1 Å². The van der Waals surface area contributed by atoms with Crippen molar-refractivity contribution in [2.45, 2.75) is 76.0 Å². The number of carbonyl (C=O) groups excluding carboxylic acids is 4. The quantitative estimate of drug-likeness (QED) is 0.209. The molecule has 9 nitrogen and oxygen atoms in total. The van der Waals surface area contributed by atoms with Gasteiger partial charge in [-0.25, -0.2) is 0 Å². The Morgan fingerprint density at radius 3 is 1.71 bits per heavy atom. The van der Waals surface area contributed by atoms with Gasteiger partial charge in [0.05, 0.1) is 23.7 Å². The van der Waals surface area contributed by atoms with Crippen LogP contribution in [0.15, 0.2) is 103 Å². The Morgan fingerprint density at radius 2 is 1.16 bits per heavy atom. The number of allylic oxidation sites excluding steroid dienone is 3. The summed E-state index contributed by atoms with van der Waals surface area (Å²) in [4.78, 5) is 66.3. The third-order valence-corrected chi connectivity index (χ3v) is 13.9. The lowest BCUT2D eigenvalue weighted by atomic mass is 9.57. The number of rotatable bonds is 9. The molecule has 3 aromatic rings. The topological polar surface area (TPSA) is 101 Å². The van der Waals surface area contributed by atoms with Gasteiger partial charge in [0.2, 0.25) is 23.6 Å². The van der Waals surface area contributed by atoms with Crippen LogP contribution in [0.1, 0.15) is 66.7 Å². The van der Waals surface area contributed by atoms with E-state index in [1.54, 1.807) is 15.9 Å². The van der Waals surface area contributed by atoms with Crippen LogP contribution in [0, 0.1) is 29.6 Å². The average molecular weight is 753 g/mol. The molecule has 290 valence electrons. The molecular weight excluding hydrogens is 701 g/mol. The van der Waals surface area contributed by atoms with Gasteiger partial charge < -0.3 is 5.11 Å². The van der Waals surface area contributed by atoms with Crippen molar-refractivity contribution in [1.29, 1.82) is 0 Å². The molecule has 6 atom stereocenters. The molecule has 6 unspecified atom stereocenters. The number of hydrogen-bond acceptors (Lipinski definition) is 7. The highest BCUT2D eigenvalue weighted by atomic mass is 16.3. The lowest BCUT2D eigenvalue weighted by molar-refractivity contribution is -0.146. The summed E-state index contributed by atoms with van der Waals surface area (Å²) in [5.41, 5.74) is 4.76. The standard InChI is InChI=1S/C47H52N4O5/c1-2-10-32-15-9-16-36(43(32)52)40-35-17-18-37-41(46(55)50(44(37)53)33-19-23-48(24-20-33)28-30-11-5-3-6-12-30)38(35)27-39-42(40)47(56)51(45(39)54)34-21-25-49(26-22-34)29-31-13-7-4-8-14-31/h2-9,11-17,33-34,37-42,52H,1,10,18-29H2. The maximum absolute atomic E-state index is 14.8. The first kappa shape index (κ1) is 36.8. The van der Waals surface area contributed by atoms with Gasteiger partial charge in [-0.1, -0.05) is 96.6 Å². The Balaban J connectivity index is 0.985. The molecule has 56 heavy (non-hydrogen) atoms. The van der Waals surface area contributed by atoms with Crippen molar-refractivity contribution >= 4 is 23.6 Å². The molecule has 6 aliphatic rings. The summed E-state index contributed by atoms with van der Waals surface area (Å²) in [5.74, 6) is -3.73. The van der Waals surface area contributed by atoms with Crippen molar-refractivity contribution in [3.63, 3.8) is 0 Å². The predicted octanol–water partition coefficient (Wildman–Crippen LogP) is 6.09. The molecule has 0 spiro atoms. The minimum absolute atomic E-state index is 0.0935. The first-order valence-corrected chi connectivity index (χ1v) is 20.7. The Morgan fingerprint density at radius 1 is 0.625 bits per heavy atom. The second kappa shape index (κ2) is 15.2. The molecule has 0 bridgehead atoms. The molecule has 4 amide bonds. The molecule has 4 saturated heterocycles. The number of aromatic hydroxyl groups is 1. The summed E-state index contributed by atoms with van der Waals surface area (Å²) in [6.45, 7) is 8.75. The van der Waals surface area contributed by atoms with Crippen molar-refractivity contribution < 1.29 is 24.3 Å². The molecule has 9 rings (SSSR count). The summed E-state index contributed by atoms with van der Waals surface area (Å²) < 4.78 is 0. The molecular formula is C47H52N4O5. The number of benzene rings is 3. The zero-order valence-electron chi connectivity index (χ0n) is 32.0. The normalized spacial score (nSPS) is 29.0. The van der Waals surface area contributed by atoms with Crippen molar-refractivity contribution in [3.05, 3.63) is 125 Å². The molecule has 5 fully saturated rings. The van der Waals surface area contributed by atoms with Crippen LogP contribution in [0.25, 0.3) is 0 Å². The molecule has 0 radical (unpaired) electrons. The van der Waals surface area contributed by atoms with Gasteiger partial charge in [-0.15, -0.1) is 6.58 Å². The van der Waals surface area contributed by atoms with Crippen LogP contribution < -0.4 is 0 Å². The Bertz CT molecular complexity index is 2030. The fraction of sp³-hybridized carbons (Fsp3) is 0.447. The summed E-state index contributed by atoms with van der Waals surface area (Å²) in [7, 11) is 0. The smallest absolute Gasteiger partial charge is 0.234 e. The second-order valence-electron chi connectivity index (χ2n) is 17.0. The van der Waals surface area contributed by atoms with Crippen LogP contribution in [-0.4, -0.2) is 86.6 Å². The predicted molar refractivity (Wildman–Crippen MR) is 213 cm³/mol. The zero-order chi connectivity index (χ0) is 38.5. The number of imide groups is 2. The lowest BCUT2D eigenvalue weighted by Crippen LogP contribution is -2.48. The van der Waals surface area contributed by atoms with E-state index in [-0.39, 0.29) is 47.4 Å². The van der Waals surface area contributed by atoms with Crippen LogP contribution >= 0.6 is 0 Å². The Hall–Kier alpha value is -4.86. The maximum Gasteiger partial charge on any atom is 0.234 e. The minimum atomic E-state index is -0.675. The van der Waals surface area contributed by atoms with E-state index >= 15 is 0 Å². The van der Waals surface area contributed by atoms with Gasteiger partial charge in [-0.2, -0.15) is 0 Å². The highest BCUT2D eigenvalue weighted by molar-refractivity contribution is 6.08. The van der Waals surface area contributed by atoms with Gasteiger partial charge >= 0.3 is 0 Å². The summed E-state index contributed by atoms with van der Waals surface area (Å²) in [6.07, 6.45) is 7.95. The fourth-order valence-electron chi connectivity index (χ4n) is 11.2. The number of piperidine rings is 2. The van der Waals surface area contributed by atoms with Crippen molar-refractivity contribution in [2.24, 2.45) is 29.6 Å². The molecule has 4 aliphatic heterocycles. The van der Waals surface area contributed by atoms with Crippen molar-refractivity contribution in [1.82, 2.24) is 19.6 Å². The van der Waals surface area contributed by atoms with Gasteiger partial charge in [0.25, 0.3) is 0 Å². The maximum atomic E-state index is 14.8. The van der Waals surface area contributed by atoms with E-state index in [0.29, 0.717) is 43.2 Å². The third-order valence-electron chi connectivity index (χ3n) is 13.9. The number of amides is 4. The van der Waals surface area contributed by atoms with Crippen molar-refractivity contribution in [3.8, 4) is 5.75 Å². The monoisotopic (exact) mass is 752 g/mol. The molecule has 1 N–H and O–H groups in total.